The van der Waals surface area contributed by atoms with Crippen molar-refractivity contribution in [3.05, 3.63) is 33.9 Å². The third kappa shape index (κ3) is 3.85. The van der Waals surface area contributed by atoms with E-state index in [4.69, 9.17) is 5.11 Å². The number of aliphatic hydroxyl groups is 1. The van der Waals surface area contributed by atoms with Crippen molar-refractivity contribution in [2.75, 3.05) is 25.5 Å². The molecule has 0 bridgehead atoms. The summed E-state index contributed by atoms with van der Waals surface area (Å²) in [6.07, 6.45) is 0. The van der Waals surface area contributed by atoms with Crippen molar-refractivity contribution in [3.63, 3.8) is 0 Å². The number of hydrogen-bond acceptors (Lipinski definition) is 5. The van der Waals surface area contributed by atoms with Crippen LogP contribution in [0.25, 0.3) is 0 Å². The van der Waals surface area contributed by atoms with Gasteiger partial charge in [0.1, 0.15) is 12.3 Å². The number of nitro benzene ring substituents is 1. The molecule has 0 aliphatic rings. The molecule has 1 aromatic rings. The molecule has 0 aliphatic carbocycles. The lowest BCUT2D eigenvalue weighted by Gasteiger charge is -2.15. The third-order valence-electron chi connectivity index (χ3n) is 2.45. The quantitative estimate of drug-likeness (QED) is 0.535. The van der Waals surface area contributed by atoms with E-state index in [0.717, 1.165) is 12.1 Å². The predicted molar refractivity (Wildman–Crippen MR) is 67.0 cm³/mol. The van der Waals surface area contributed by atoms with Crippen LogP contribution in [0.4, 0.5) is 20.2 Å². The number of hydrogen-bond donors (Lipinski definition) is 3. The molecule has 0 unspecified atom stereocenters. The van der Waals surface area contributed by atoms with Crippen LogP contribution in [0.15, 0.2) is 18.2 Å². The van der Waals surface area contributed by atoms with E-state index in [0.29, 0.717) is 0 Å². The number of nitrogens with zero attached hydrogens (tertiary/aromatic N) is 1. The molecule has 0 atom stereocenters. The summed E-state index contributed by atoms with van der Waals surface area (Å²) < 4.78 is 25.9. The lowest BCUT2D eigenvalue weighted by Crippen LogP contribution is -2.31. The van der Waals surface area contributed by atoms with Crippen molar-refractivity contribution in [1.29, 1.82) is 0 Å². The van der Waals surface area contributed by atoms with Crippen LogP contribution in [0.5, 0.6) is 0 Å². The van der Waals surface area contributed by atoms with Gasteiger partial charge in [-0.05, 0) is 12.1 Å². The zero-order valence-electron chi connectivity index (χ0n) is 10.5. The van der Waals surface area contributed by atoms with Gasteiger partial charge in [0.2, 0.25) is 0 Å². The van der Waals surface area contributed by atoms with Crippen LogP contribution < -0.4 is 10.6 Å². The highest BCUT2D eigenvalue weighted by molar-refractivity contribution is 5.95. The number of nitrogens with one attached hydrogen (secondary N) is 2. The Balaban J connectivity index is 3.06. The van der Waals surface area contributed by atoms with Gasteiger partial charge < -0.3 is 15.7 Å². The number of carbonyl (C=O) groups excluding carboxylic acids is 1. The van der Waals surface area contributed by atoms with Gasteiger partial charge in [-0.15, -0.1) is 0 Å². The smallest absolute Gasteiger partial charge is 0.292 e. The lowest BCUT2D eigenvalue weighted by molar-refractivity contribution is -0.384. The fourth-order valence-electron chi connectivity index (χ4n) is 1.40. The van der Waals surface area contributed by atoms with Gasteiger partial charge in [-0.1, -0.05) is 0 Å². The van der Waals surface area contributed by atoms with Gasteiger partial charge in [-0.2, -0.15) is 0 Å². The van der Waals surface area contributed by atoms with Gasteiger partial charge in [-0.25, -0.2) is 8.78 Å². The molecule has 0 heterocycles. The number of amides is 1. The van der Waals surface area contributed by atoms with Gasteiger partial charge in [0.15, 0.2) is 0 Å². The normalized spacial score (nSPS) is 11.0. The van der Waals surface area contributed by atoms with Crippen molar-refractivity contribution in [2.45, 2.75) is 5.92 Å². The zero-order valence-corrected chi connectivity index (χ0v) is 10.5. The zero-order chi connectivity index (χ0) is 15.3. The van der Waals surface area contributed by atoms with Gasteiger partial charge in [0.25, 0.3) is 17.5 Å². The van der Waals surface area contributed by atoms with E-state index in [1.807, 2.05) is 0 Å². The highest BCUT2D eigenvalue weighted by Crippen LogP contribution is 2.26. The molecule has 0 aromatic heterocycles. The first-order valence-corrected chi connectivity index (χ1v) is 5.54. The Morgan fingerprint density at radius 3 is 2.65 bits per heavy atom. The number of anilines is 1. The molecular formula is C11H13F2N3O4. The standard InChI is InChI=1S/C11H13F2N3O4/c1-14-10(18)7-2-3-9(16(19)20)8(4-7)15-5-11(12,13)6-17/h2-4,15,17H,5-6H2,1H3,(H,14,18). The van der Waals surface area contributed by atoms with E-state index in [9.17, 15) is 23.7 Å². The van der Waals surface area contributed by atoms with Crippen LogP contribution in [-0.4, -0.2) is 42.1 Å². The Kier molecular flexibility index (Phi) is 4.92. The molecule has 1 rings (SSSR count). The minimum absolute atomic E-state index is 0.0907. The molecule has 0 radical (unpaired) electrons. The number of benzene rings is 1. The largest absolute Gasteiger partial charge is 0.390 e. The SMILES string of the molecule is CNC(=O)c1ccc([N+](=O)[O-])c(NCC(F)(F)CO)c1. The Morgan fingerprint density at radius 2 is 2.15 bits per heavy atom. The Labute approximate surface area is 112 Å². The number of rotatable bonds is 6. The van der Waals surface area contributed by atoms with E-state index >= 15 is 0 Å². The highest BCUT2D eigenvalue weighted by Gasteiger charge is 2.28. The second-order valence-corrected chi connectivity index (χ2v) is 3.94. The molecule has 9 heteroatoms. The van der Waals surface area contributed by atoms with E-state index in [2.05, 4.69) is 10.6 Å². The maximum Gasteiger partial charge on any atom is 0.292 e. The summed E-state index contributed by atoms with van der Waals surface area (Å²) in [4.78, 5) is 21.4. The minimum Gasteiger partial charge on any atom is -0.390 e. The van der Waals surface area contributed by atoms with Crippen molar-refractivity contribution in [1.82, 2.24) is 5.32 Å². The van der Waals surface area contributed by atoms with Crippen LogP contribution in [0.2, 0.25) is 0 Å². The topological polar surface area (TPSA) is 104 Å². The first kappa shape index (κ1) is 15.8. The van der Waals surface area contributed by atoms with Gasteiger partial charge in [0, 0.05) is 18.7 Å². The molecular weight excluding hydrogens is 276 g/mol. The summed E-state index contributed by atoms with van der Waals surface area (Å²) in [7, 11) is 1.37. The van der Waals surface area contributed by atoms with Crippen LogP contribution in [-0.2, 0) is 0 Å². The van der Waals surface area contributed by atoms with Crippen molar-refractivity contribution in [3.8, 4) is 0 Å². The van der Waals surface area contributed by atoms with Crippen LogP contribution in [0.3, 0.4) is 0 Å². The maximum atomic E-state index is 12.9. The van der Waals surface area contributed by atoms with E-state index in [1.165, 1.54) is 13.1 Å². The molecule has 0 saturated carbocycles. The molecule has 0 spiro atoms. The summed E-state index contributed by atoms with van der Waals surface area (Å²) in [6.45, 7) is -2.37. The number of nitro groups is 1. The summed E-state index contributed by atoms with van der Waals surface area (Å²) in [5, 5.41) is 23.7. The van der Waals surface area contributed by atoms with Crippen LogP contribution in [0, 0.1) is 10.1 Å². The summed E-state index contributed by atoms with van der Waals surface area (Å²) in [5.41, 5.74) is -0.566. The monoisotopic (exact) mass is 289 g/mol. The molecule has 1 aromatic carbocycles. The fourth-order valence-corrected chi connectivity index (χ4v) is 1.40. The second kappa shape index (κ2) is 6.24. The fraction of sp³-hybridized carbons (Fsp3) is 0.364. The molecule has 0 saturated heterocycles. The number of carbonyl (C=O) groups is 1. The Hall–Kier alpha value is -2.29. The van der Waals surface area contributed by atoms with Crippen LogP contribution in [0.1, 0.15) is 10.4 Å². The van der Waals surface area contributed by atoms with Gasteiger partial charge in [-0.3, -0.25) is 14.9 Å². The van der Waals surface area contributed by atoms with E-state index in [-0.39, 0.29) is 11.3 Å². The third-order valence-corrected chi connectivity index (χ3v) is 2.45. The van der Waals surface area contributed by atoms with E-state index in [1.54, 1.807) is 0 Å². The maximum absolute atomic E-state index is 12.9. The molecule has 7 nitrogen and oxygen atoms in total. The number of aliphatic hydroxyl groups excluding tert-OH is 1. The summed E-state index contributed by atoms with van der Waals surface area (Å²) >= 11 is 0. The minimum atomic E-state index is -3.42. The highest BCUT2D eigenvalue weighted by atomic mass is 19.3. The Morgan fingerprint density at radius 1 is 1.50 bits per heavy atom. The van der Waals surface area contributed by atoms with Gasteiger partial charge in [0.05, 0.1) is 11.5 Å². The number of alkyl halides is 2. The van der Waals surface area contributed by atoms with E-state index < -0.39 is 35.6 Å². The molecule has 0 fully saturated rings. The Bertz CT molecular complexity index is 522. The summed E-state index contributed by atoms with van der Waals surface area (Å²) in [6, 6.07) is 3.36. The molecule has 20 heavy (non-hydrogen) atoms. The van der Waals surface area contributed by atoms with Crippen molar-refractivity contribution < 1.29 is 23.6 Å². The molecule has 0 aliphatic heterocycles. The summed E-state index contributed by atoms with van der Waals surface area (Å²) in [5.74, 6) is -3.92. The molecule has 110 valence electrons. The average molecular weight is 289 g/mol. The van der Waals surface area contributed by atoms with Gasteiger partial charge >= 0.3 is 0 Å². The average Bonchev–Trinajstić information content (AvgIpc) is 2.43. The first-order valence-electron chi connectivity index (χ1n) is 5.54. The molecule has 3 N–H and O–H groups in total. The molecule has 1 amide bonds. The first-order chi connectivity index (χ1) is 9.30. The van der Waals surface area contributed by atoms with Crippen LogP contribution >= 0.6 is 0 Å². The number of halogens is 2. The predicted octanol–water partition coefficient (Wildman–Crippen LogP) is 0.994. The van der Waals surface area contributed by atoms with Crippen molar-refractivity contribution in [2.24, 2.45) is 0 Å². The van der Waals surface area contributed by atoms with Crippen molar-refractivity contribution >= 4 is 17.3 Å². The lowest BCUT2D eigenvalue weighted by atomic mass is 10.1. The second-order valence-electron chi connectivity index (χ2n) is 3.94.